The highest BCUT2D eigenvalue weighted by atomic mass is 16.4. The first-order valence-electron chi connectivity index (χ1n) is 20.0. The highest BCUT2D eigenvalue weighted by Gasteiger charge is 2.32. The van der Waals surface area contributed by atoms with Gasteiger partial charge in [0.1, 0.15) is 17.8 Å². The van der Waals surface area contributed by atoms with Crippen LogP contribution in [0.5, 0.6) is 5.75 Å². The average Bonchev–Trinajstić information content (AvgIpc) is 3.25. The molecule has 12 heteroatoms. The number of Topliss-reactive ketones (excluding diaryl/α,β-unsaturated/α-hetero) is 1. The van der Waals surface area contributed by atoms with E-state index in [1.165, 1.54) is 0 Å². The molecule has 0 radical (unpaired) electrons. The summed E-state index contributed by atoms with van der Waals surface area (Å²) in [6.45, 7) is 0. The van der Waals surface area contributed by atoms with Crippen LogP contribution in [0.25, 0.3) is 11.1 Å². The Labute approximate surface area is 348 Å². The monoisotopic (exact) mass is 808 g/mol. The van der Waals surface area contributed by atoms with E-state index in [9.17, 15) is 39.0 Å². The van der Waals surface area contributed by atoms with Crippen molar-refractivity contribution in [3.05, 3.63) is 156 Å². The van der Waals surface area contributed by atoms with Crippen LogP contribution >= 0.6 is 0 Å². The number of amides is 4. The van der Waals surface area contributed by atoms with Crippen molar-refractivity contribution in [1.82, 2.24) is 16.0 Å². The van der Waals surface area contributed by atoms with Crippen LogP contribution in [0.15, 0.2) is 133 Å². The summed E-state index contributed by atoms with van der Waals surface area (Å²) in [6.07, 6.45) is -0.0806. The number of carbonyl (C=O) groups excluding carboxylic acids is 5. The molecule has 0 aliphatic carbocycles. The van der Waals surface area contributed by atoms with Crippen molar-refractivity contribution in [2.45, 2.75) is 69.5 Å². The minimum Gasteiger partial charge on any atom is -0.508 e. The molecule has 0 spiro atoms. The molecule has 0 aromatic heterocycles. The molecule has 2 bridgehead atoms. The van der Waals surface area contributed by atoms with Crippen molar-refractivity contribution in [3.63, 3.8) is 0 Å². The molecule has 5 aromatic rings. The molecule has 2 aliphatic rings. The van der Waals surface area contributed by atoms with Gasteiger partial charge in [0.15, 0.2) is 5.78 Å². The normalized spacial score (nSPS) is 19.6. The maximum absolute atomic E-state index is 14.5. The van der Waals surface area contributed by atoms with Gasteiger partial charge >= 0.3 is 5.97 Å². The van der Waals surface area contributed by atoms with Crippen molar-refractivity contribution >= 4 is 41.1 Å². The van der Waals surface area contributed by atoms with E-state index in [1.807, 2.05) is 54.6 Å². The van der Waals surface area contributed by atoms with Gasteiger partial charge in [0.25, 0.3) is 0 Å². The predicted molar refractivity (Wildman–Crippen MR) is 227 cm³/mol. The number of phenols is 1. The van der Waals surface area contributed by atoms with Gasteiger partial charge in [-0.1, -0.05) is 109 Å². The molecule has 7 rings (SSSR count). The zero-order valence-electron chi connectivity index (χ0n) is 33.0. The fourth-order valence-electron chi connectivity index (χ4n) is 7.19. The third kappa shape index (κ3) is 12.5. The molecule has 60 heavy (non-hydrogen) atoms. The number of aryl methyl sites for hydroxylation is 1. The number of carboxylic acids is 1. The summed E-state index contributed by atoms with van der Waals surface area (Å²) in [4.78, 5) is 81.6. The largest absolute Gasteiger partial charge is 0.508 e. The first-order chi connectivity index (χ1) is 29.0. The van der Waals surface area contributed by atoms with E-state index >= 15 is 0 Å². The SMILES string of the molecule is O=C1CCC(=O)N[C@H](CCc2ccccc2)C(=O)N[C@@H](Cc2ccc(-c3cccc(O)c3)cc2)C(=O)N[C@H](Cc2ccccc2)C(=O)C[C@H](C(=O)O)Cc2ccc(cc2)N1. The van der Waals surface area contributed by atoms with E-state index in [2.05, 4.69) is 21.3 Å². The second-order valence-electron chi connectivity index (χ2n) is 15.1. The maximum Gasteiger partial charge on any atom is 0.307 e. The lowest BCUT2D eigenvalue weighted by Crippen LogP contribution is -2.57. The van der Waals surface area contributed by atoms with Gasteiger partial charge < -0.3 is 31.5 Å². The van der Waals surface area contributed by atoms with Crippen LogP contribution in [-0.2, 0) is 54.5 Å². The van der Waals surface area contributed by atoms with Crippen LogP contribution in [0.4, 0.5) is 5.69 Å². The first-order valence-corrected chi connectivity index (χ1v) is 20.0. The molecule has 4 amide bonds. The number of hydrogen-bond donors (Lipinski definition) is 6. The van der Waals surface area contributed by atoms with Crippen LogP contribution in [0.3, 0.4) is 0 Å². The summed E-state index contributed by atoms with van der Waals surface area (Å²) in [5, 5.41) is 31.5. The lowest BCUT2D eigenvalue weighted by Gasteiger charge is -2.26. The number of carboxylic acid groups (broad SMARTS) is 1. The number of aromatic hydroxyl groups is 1. The second kappa shape index (κ2) is 20.6. The number of hydrogen-bond acceptors (Lipinski definition) is 7. The van der Waals surface area contributed by atoms with Crippen LogP contribution in [-0.4, -0.2) is 63.7 Å². The van der Waals surface area contributed by atoms with Gasteiger partial charge in [-0.15, -0.1) is 0 Å². The zero-order valence-corrected chi connectivity index (χ0v) is 33.0. The Hall–Kier alpha value is -7.08. The van der Waals surface area contributed by atoms with Crippen molar-refractivity contribution in [2.75, 3.05) is 5.32 Å². The topological polar surface area (TPSA) is 191 Å². The molecule has 5 aromatic carbocycles. The molecule has 2 heterocycles. The third-order valence-corrected chi connectivity index (χ3v) is 10.5. The highest BCUT2D eigenvalue weighted by Crippen LogP contribution is 2.24. The number of fused-ring (bicyclic) bond motifs is 18. The molecule has 2 aliphatic heterocycles. The Morgan fingerprint density at radius 3 is 1.83 bits per heavy atom. The number of ketones is 1. The second-order valence-corrected chi connectivity index (χ2v) is 15.1. The van der Waals surface area contributed by atoms with Gasteiger partial charge in [0.2, 0.25) is 23.6 Å². The van der Waals surface area contributed by atoms with E-state index in [4.69, 9.17) is 0 Å². The van der Waals surface area contributed by atoms with Gasteiger partial charge in [-0.3, -0.25) is 28.8 Å². The number of rotatable bonds is 9. The zero-order chi connectivity index (χ0) is 42.4. The van der Waals surface area contributed by atoms with E-state index in [1.54, 1.807) is 78.9 Å². The molecule has 6 N–H and O–H groups in total. The molecule has 0 saturated heterocycles. The van der Waals surface area contributed by atoms with Gasteiger partial charge in [-0.2, -0.15) is 0 Å². The smallest absolute Gasteiger partial charge is 0.307 e. The van der Waals surface area contributed by atoms with Crippen LogP contribution < -0.4 is 21.3 Å². The molecular formula is C48H48N4O8. The number of aliphatic carboxylic acids is 1. The number of nitrogens with one attached hydrogen (secondary N) is 4. The van der Waals surface area contributed by atoms with Crippen molar-refractivity contribution in [1.29, 1.82) is 0 Å². The van der Waals surface area contributed by atoms with Gasteiger partial charge in [0, 0.05) is 31.4 Å². The Kier molecular flexibility index (Phi) is 14.6. The summed E-state index contributed by atoms with van der Waals surface area (Å²) in [5.41, 5.74) is 4.99. The number of phenolic OH excluding ortho intramolecular Hbond substituents is 1. The average molecular weight is 809 g/mol. The number of carbonyl (C=O) groups is 6. The predicted octanol–water partition coefficient (Wildman–Crippen LogP) is 5.57. The van der Waals surface area contributed by atoms with E-state index in [0.29, 0.717) is 23.2 Å². The minimum atomic E-state index is -1.24. The molecule has 0 unspecified atom stereocenters. The molecule has 12 nitrogen and oxygen atoms in total. The summed E-state index contributed by atoms with van der Waals surface area (Å²) in [6, 6.07) is 35.6. The van der Waals surface area contributed by atoms with Crippen molar-refractivity contribution in [3.8, 4) is 16.9 Å². The van der Waals surface area contributed by atoms with E-state index < -0.39 is 59.4 Å². The first kappa shape index (κ1) is 42.5. The van der Waals surface area contributed by atoms with Gasteiger partial charge in [-0.05, 0) is 83.3 Å². The van der Waals surface area contributed by atoms with Crippen LogP contribution in [0.2, 0.25) is 0 Å². The number of anilines is 1. The third-order valence-electron chi connectivity index (χ3n) is 10.5. The molecular weight excluding hydrogens is 761 g/mol. The molecule has 4 atom stereocenters. The standard InChI is InChI=1S/C48H48N4O8/c53-39-13-7-12-36(29-39)35-19-14-34(15-20-35)28-42-47(58)51-41(27-32-10-5-2-6-11-32)43(54)30-37(48(59)60)26-33-16-21-38(22-17-33)49-44(55)24-25-45(56)50-40(46(57)52-42)23-18-31-8-3-1-4-9-31/h1-17,19-22,29,37,40-42,53H,18,23-28,30H2,(H,49,55)(H,50,56)(H,51,58)(H,52,57)(H,59,60)/t37-,40-,41-,42+/m1/s1. The summed E-state index contributed by atoms with van der Waals surface area (Å²) in [5.74, 6) is -4.96. The fourth-order valence-corrected chi connectivity index (χ4v) is 7.19. The Morgan fingerprint density at radius 1 is 0.567 bits per heavy atom. The molecule has 0 fully saturated rings. The van der Waals surface area contributed by atoms with Crippen molar-refractivity contribution in [2.24, 2.45) is 5.92 Å². The summed E-state index contributed by atoms with van der Waals surface area (Å²) in [7, 11) is 0. The van der Waals surface area contributed by atoms with E-state index in [0.717, 1.165) is 22.3 Å². The Morgan fingerprint density at radius 2 is 1.17 bits per heavy atom. The summed E-state index contributed by atoms with van der Waals surface area (Å²) >= 11 is 0. The number of benzene rings is 5. The molecule has 0 saturated carbocycles. The lowest BCUT2D eigenvalue weighted by atomic mass is 9.90. The minimum absolute atomic E-state index is 0.00274. The quantitative estimate of drug-likeness (QED) is 0.104. The Balaban J connectivity index is 1.34. The maximum atomic E-state index is 14.5. The van der Waals surface area contributed by atoms with Gasteiger partial charge in [0.05, 0.1) is 12.0 Å². The highest BCUT2D eigenvalue weighted by molar-refractivity contribution is 5.97. The lowest BCUT2D eigenvalue weighted by molar-refractivity contribution is -0.144. The van der Waals surface area contributed by atoms with Crippen LogP contribution in [0.1, 0.15) is 47.9 Å². The van der Waals surface area contributed by atoms with Crippen molar-refractivity contribution < 1.29 is 39.0 Å². The van der Waals surface area contributed by atoms with Gasteiger partial charge in [-0.25, -0.2) is 0 Å². The Bertz CT molecular complexity index is 2280. The fraction of sp³-hybridized carbons (Fsp3) is 0.250. The summed E-state index contributed by atoms with van der Waals surface area (Å²) < 4.78 is 0. The van der Waals surface area contributed by atoms with Crippen LogP contribution in [0, 0.1) is 5.92 Å². The molecule has 308 valence electrons. The van der Waals surface area contributed by atoms with E-state index in [-0.39, 0.29) is 50.7 Å².